The van der Waals surface area contributed by atoms with E-state index in [1.54, 1.807) is 11.3 Å². The molecule has 0 aliphatic heterocycles. The third kappa shape index (κ3) is 1.98. The smallest absolute Gasteiger partial charge is 0.0798 e. The number of rotatable bonds is 4. The molecule has 1 N–H and O–H groups in total. The van der Waals surface area contributed by atoms with Crippen molar-refractivity contribution in [1.29, 1.82) is 0 Å². The lowest BCUT2D eigenvalue weighted by Crippen LogP contribution is -2.23. The Morgan fingerprint density at radius 3 is 2.86 bits per heavy atom. The number of thiazole rings is 1. The molecule has 1 fully saturated rings. The molecule has 0 radical (unpaired) electrons. The topological polar surface area (TPSA) is 24.9 Å². The Balaban J connectivity index is 2.01. The summed E-state index contributed by atoms with van der Waals surface area (Å²) in [6.45, 7) is 2.11. The molecule has 1 aliphatic rings. The van der Waals surface area contributed by atoms with Crippen LogP contribution in [0.3, 0.4) is 0 Å². The maximum atomic E-state index is 4.32. The van der Waals surface area contributed by atoms with E-state index in [-0.39, 0.29) is 0 Å². The Morgan fingerprint density at radius 1 is 1.64 bits per heavy atom. The molecule has 2 nitrogen and oxygen atoms in total. The van der Waals surface area contributed by atoms with Gasteiger partial charge in [0.1, 0.15) is 0 Å². The van der Waals surface area contributed by atoms with Crippen LogP contribution in [0.25, 0.3) is 0 Å². The molecule has 14 heavy (non-hydrogen) atoms. The Morgan fingerprint density at radius 2 is 2.43 bits per heavy atom. The zero-order valence-electron chi connectivity index (χ0n) is 8.92. The highest BCUT2D eigenvalue weighted by Gasteiger charge is 2.23. The van der Waals surface area contributed by atoms with E-state index in [0.717, 1.165) is 5.92 Å². The van der Waals surface area contributed by atoms with Crippen molar-refractivity contribution in [3.05, 3.63) is 16.1 Å². The average molecular weight is 210 g/mol. The van der Waals surface area contributed by atoms with E-state index >= 15 is 0 Å². The fraction of sp³-hybridized carbons (Fsp3) is 0.727. The summed E-state index contributed by atoms with van der Waals surface area (Å²) in [4.78, 5) is 5.75. The van der Waals surface area contributed by atoms with Crippen LogP contribution in [0.5, 0.6) is 0 Å². The molecule has 1 heterocycles. The summed E-state index contributed by atoms with van der Waals surface area (Å²) in [6, 6.07) is 0.535. The molecule has 0 bridgehead atoms. The van der Waals surface area contributed by atoms with E-state index in [2.05, 4.69) is 24.3 Å². The zero-order chi connectivity index (χ0) is 9.97. The third-order valence-corrected chi connectivity index (χ3v) is 4.29. The van der Waals surface area contributed by atoms with Gasteiger partial charge in [-0.15, -0.1) is 11.3 Å². The minimum absolute atomic E-state index is 0.535. The lowest BCUT2D eigenvalue weighted by Gasteiger charge is -2.29. The van der Waals surface area contributed by atoms with Crippen LogP contribution in [0.4, 0.5) is 0 Å². The summed E-state index contributed by atoms with van der Waals surface area (Å²) in [5.41, 5.74) is 3.16. The largest absolute Gasteiger partial charge is 0.312 e. The molecule has 2 rings (SSSR count). The average Bonchev–Trinajstić information content (AvgIpc) is 2.51. The van der Waals surface area contributed by atoms with Crippen molar-refractivity contribution in [2.45, 2.75) is 38.6 Å². The molecule has 0 saturated heterocycles. The molecule has 3 heteroatoms. The van der Waals surface area contributed by atoms with Crippen LogP contribution in [0.15, 0.2) is 5.51 Å². The fourth-order valence-corrected chi connectivity index (χ4v) is 2.99. The highest BCUT2D eigenvalue weighted by atomic mass is 32.1. The van der Waals surface area contributed by atoms with Crippen molar-refractivity contribution in [1.82, 2.24) is 10.3 Å². The molecule has 1 saturated carbocycles. The lowest BCUT2D eigenvalue weighted by atomic mass is 9.80. The van der Waals surface area contributed by atoms with Crippen LogP contribution < -0.4 is 5.32 Å². The Labute approximate surface area is 89.8 Å². The first-order chi connectivity index (χ1) is 6.81. The van der Waals surface area contributed by atoms with Gasteiger partial charge in [0.25, 0.3) is 0 Å². The summed E-state index contributed by atoms with van der Waals surface area (Å²) in [5, 5.41) is 3.41. The maximum Gasteiger partial charge on any atom is 0.0798 e. The third-order valence-electron chi connectivity index (χ3n) is 3.24. The second-order valence-electron chi connectivity index (χ2n) is 4.18. The van der Waals surface area contributed by atoms with Gasteiger partial charge in [0, 0.05) is 10.9 Å². The molecule has 1 aromatic heterocycles. The molecule has 0 aromatic carbocycles. The van der Waals surface area contributed by atoms with Crippen molar-refractivity contribution in [2.75, 3.05) is 7.05 Å². The van der Waals surface area contributed by atoms with Gasteiger partial charge in [0.05, 0.1) is 11.2 Å². The van der Waals surface area contributed by atoms with E-state index in [1.165, 1.54) is 36.3 Å². The second-order valence-corrected chi connectivity index (χ2v) is 5.06. The van der Waals surface area contributed by atoms with Crippen LogP contribution in [-0.4, -0.2) is 12.0 Å². The first-order valence-electron chi connectivity index (χ1n) is 5.38. The summed E-state index contributed by atoms with van der Waals surface area (Å²) in [7, 11) is 2.06. The van der Waals surface area contributed by atoms with Crippen molar-refractivity contribution >= 4 is 11.3 Å². The van der Waals surface area contributed by atoms with Crippen LogP contribution in [-0.2, 0) is 0 Å². The Hall–Kier alpha value is -0.410. The van der Waals surface area contributed by atoms with Gasteiger partial charge in [-0.25, -0.2) is 4.98 Å². The Bertz CT molecular complexity index is 291. The predicted molar refractivity (Wildman–Crippen MR) is 60.6 cm³/mol. The van der Waals surface area contributed by atoms with Crippen LogP contribution in [0, 0.1) is 12.8 Å². The Kier molecular flexibility index (Phi) is 3.19. The number of nitrogens with one attached hydrogen (secondary N) is 1. The van der Waals surface area contributed by atoms with Crippen molar-refractivity contribution < 1.29 is 0 Å². The van der Waals surface area contributed by atoms with Gasteiger partial charge in [0.2, 0.25) is 0 Å². The molecule has 1 aliphatic carbocycles. The summed E-state index contributed by atoms with van der Waals surface area (Å²) in [6.07, 6.45) is 5.58. The summed E-state index contributed by atoms with van der Waals surface area (Å²) in [5.74, 6) is 0.953. The van der Waals surface area contributed by atoms with Crippen LogP contribution in [0.1, 0.15) is 42.3 Å². The van der Waals surface area contributed by atoms with E-state index < -0.39 is 0 Å². The molecular formula is C11H18N2S. The minimum Gasteiger partial charge on any atom is -0.312 e. The van der Waals surface area contributed by atoms with Crippen LogP contribution in [0.2, 0.25) is 0 Å². The normalized spacial score (nSPS) is 19.3. The number of aromatic nitrogens is 1. The number of aryl methyl sites for hydroxylation is 1. The maximum absolute atomic E-state index is 4.32. The molecule has 0 spiro atoms. The van der Waals surface area contributed by atoms with Gasteiger partial charge in [0.15, 0.2) is 0 Å². The monoisotopic (exact) mass is 210 g/mol. The van der Waals surface area contributed by atoms with Gasteiger partial charge in [-0.2, -0.15) is 0 Å². The molecule has 78 valence electrons. The molecule has 1 unspecified atom stereocenters. The van der Waals surface area contributed by atoms with Crippen molar-refractivity contribution in [2.24, 2.45) is 5.92 Å². The predicted octanol–water partition coefficient (Wildman–Crippen LogP) is 2.90. The van der Waals surface area contributed by atoms with Gasteiger partial charge >= 0.3 is 0 Å². The first-order valence-corrected chi connectivity index (χ1v) is 6.26. The van der Waals surface area contributed by atoms with Gasteiger partial charge < -0.3 is 5.32 Å². The standard InChI is InChI=1S/C11H18N2S/c1-8-11(14-7-13-8)10(12-2)6-9-4-3-5-9/h7,9-10,12H,3-6H2,1-2H3. The van der Waals surface area contributed by atoms with Crippen molar-refractivity contribution in [3.8, 4) is 0 Å². The molecular weight excluding hydrogens is 192 g/mol. The van der Waals surface area contributed by atoms with E-state index in [0.29, 0.717) is 6.04 Å². The highest BCUT2D eigenvalue weighted by Crippen LogP contribution is 2.36. The number of hydrogen-bond donors (Lipinski definition) is 1. The number of hydrogen-bond acceptors (Lipinski definition) is 3. The van der Waals surface area contributed by atoms with Gasteiger partial charge in [-0.1, -0.05) is 19.3 Å². The van der Waals surface area contributed by atoms with Crippen LogP contribution >= 0.6 is 11.3 Å². The lowest BCUT2D eigenvalue weighted by molar-refractivity contribution is 0.266. The fourth-order valence-electron chi connectivity index (χ4n) is 2.06. The zero-order valence-corrected chi connectivity index (χ0v) is 9.73. The number of nitrogens with zero attached hydrogens (tertiary/aromatic N) is 1. The quantitative estimate of drug-likeness (QED) is 0.826. The van der Waals surface area contributed by atoms with E-state index in [1.807, 2.05) is 5.51 Å². The molecule has 1 atom stereocenters. The molecule has 0 amide bonds. The second kappa shape index (κ2) is 4.41. The van der Waals surface area contributed by atoms with Gasteiger partial charge in [-0.3, -0.25) is 0 Å². The first kappa shape index (κ1) is 10.1. The molecule has 1 aromatic rings. The summed E-state index contributed by atoms with van der Waals surface area (Å²) < 4.78 is 0. The SMILES string of the molecule is CNC(CC1CCC1)c1scnc1C. The van der Waals surface area contributed by atoms with E-state index in [9.17, 15) is 0 Å². The highest BCUT2D eigenvalue weighted by molar-refractivity contribution is 7.09. The summed E-state index contributed by atoms with van der Waals surface area (Å²) >= 11 is 1.79. The van der Waals surface area contributed by atoms with Gasteiger partial charge in [-0.05, 0) is 26.3 Å². The van der Waals surface area contributed by atoms with E-state index in [4.69, 9.17) is 0 Å². The van der Waals surface area contributed by atoms with Crippen molar-refractivity contribution in [3.63, 3.8) is 0 Å². The minimum atomic E-state index is 0.535.